The van der Waals surface area contributed by atoms with E-state index in [9.17, 15) is 9.59 Å². The van der Waals surface area contributed by atoms with Crippen LogP contribution in [0.5, 0.6) is 0 Å². The minimum atomic E-state index is -0.141. The first-order valence-electron chi connectivity index (χ1n) is 9.49. The van der Waals surface area contributed by atoms with Crippen molar-refractivity contribution in [3.8, 4) is 5.69 Å². The Kier molecular flexibility index (Phi) is 5.74. The maximum absolute atomic E-state index is 13.3. The van der Waals surface area contributed by atoms with E-state index in [4.69, 9.17) is 4.98 Å². The van der Waals surface area contributed by atoms with Crippen molar-refractivity contribution in [2.45, 2.75) is 25.9 Å². The summed E-state index contributed by atoms with van der Waals surface area (Å²) in [5, 5.41) is 5.29. The minimum absolute atomic E-state index is 0.106. The van der Waals surface area contributed by atoms with Crippen molar-refractivity contribution in [3.63, 3.8) is 0 Å². The minimum Gasteiger partial charge on any atom is -0.325 e. The van der Waals surface area contributed by atoms with Gasteiger partial charge >= 0.3 is 0 Å². The number of hydrogen-bond donors (Lipinski definition) is 1. The van der Waals surface area contributed by atoms with Crippen molar-refractivity contribution in [2.24, 2.45) is 0 Å². The summed E-state index contributed by atoms with van der Waals surface area (Å²) in [6.45, 7) is 5.94. The van der Waals surface area contributed by atoms with E-state index in [1.165, 1.54) is 23.1 Å². The number of carbonyl (C=O) groups excluding carboxylic acids is 1. The third kappa shape index (κ3) is 4.17. The van der Waals surface area contributed by atoms with Crippen molar-refractivity contribution >= 4 is 44.9 Å². The summed E-state index contributed by atoms with van der Waals surface area (Å²) < 4.78 is 2.25. The van der Waals surface area contributed by atoms with E-state index < -0.39 is 0 Å². The fourth-order valence-electron chi connectivity index (χ4n) is 3.21. The van der Waals surface area contributed by atoms with Crippen LogP contribution >= 0.6 is 23.1 Å². The van der Waals surface area contributed by atoms with E-state index in [1.807, 2.05) is 74.7 Å². The number of rotatable bonds is 5. The summed E-state index contributed by atoms with van der Waals surface area (Å²) >= 11 is 2.65. The Labute approximate surface area is 182 Å². The first-order valence-corrected chi connectivity index (χ1v) is 11.4. The van der Waals surface area contributed by atoms with Crippen LogP contribution in [-0.4, -0.2) is 21.2 Å². The van der Waals surface area contributed by atoms with Crippen LogP contribution in [0.2, 0.25) is 0 Å². The molecule has 1 N–H and O–H groups in total. The third-order valence-electron chi connectivity index (χ3n) is 4.69. The zero-order valence-electron chi connectivity index (χ0n) is 16.9. The first kappa shape index (κ1) is 20.4. The highest BCUT2D eigenvalue weighted by molar-refractivity contribution is 7.99. The molecule has 2 heterocycles. The summed E-state index contributed by atoms with van der Waals surface area (Å²) in [4.78, 5) is 30.5. The molecule has 0 atom stereocenters. The van der Waals surface area contributed by atoms with Crippen molar-refractivity contribution in [1.82, 2.24) is 9.55 Å². The van der Waals surface area contributed by atoms with Gasteiger partial charge in [0.05, 0.1) is 17.0 Å². The monoisotopic (exact) mass is 435 g/mol. The van der Waals surface area contributed by atoms with Gasteiger partial charge in [-0.3, -0.25) is 14.2 Å². The number of benzene rings is 2. The Morgan fingerprint density at radius 1 is 1.10 bits per heavy atom. The average Bonchev–Trinajstić information content (AvgIpc) is 3.18. The fraction of sp³-hybridized carbons (Fsp3) is 0.174. The summed E-state index contributed by atoms with van der Waals surface area (Å²) in [6.07, 6.45) is 0. The van der Waals surface area contributed by atoms with Gasteiger partial charge in [0.2, 0.25) is 5.91 Å². The molecule has 4 aromatic rings. The molecule has 0 saturated heterocycles. The highest BCUT2D eigenvalue weighted by atomic mass is 32.2. The maximum atomic E-state index is 13.3. The predicted octanol–water partition coefficient (Wildman–Crippen LogP) is 5.10. The fourth-order valence-corrected chi connectivity index (χ4v) is 4.78. The van der Waals surface area contributed by atoms with Gasteiger partial charge in [-0.1, -0.05) is 36.0 Å². The molecule has 7 heteroatoms. The molecule has 1 amide bonds. The Morgan fingerprint density at radius 3 is 2.70 bits per heavy atom. The summed E-state index contributed by atoms with van der Waals surface area (Å²) in [6, 6.07) is 15.5. The van der Waals surface area contributed by atoms with Gasteiger partial charge in [-0.05, 0) is 67.1 Å². The molecule has 0 unspecified atom stereocenters. The number of hydrogen-bond acceptors (Lipinski definition) is 5. The molecule has 0 aliphatic carbocycles. The van der Waals surface area contributed by atoms with Crippen LogP contribution in [0.3, 0.4) is 0 Å². The van der Waals surface area contributed by atoms with Crippen molar-refractivity contribution in [1.29, 1.82) is 0 Å². The molecular formula is C23H21N3O2S2. The quantitative estimate of drug-likeness (QED) is 0.350. The second-order valence-electron chi connectivity index (χ2n) is 7.17. The zero-order valence-corrected chi connectivity index (χ0v) is 18.6. The van der Waals surface area contributed by atoms with Gasteiger partial charge in [-0.25, -0.2) is 4.98 Å². The number of aromatic nitrogens is 2. The van der Waals surface area contributed by atoms with E-state index in [2.05, 4.69) is 5.32 Å². The number of thioether (sulfide) groups is 1. The van der Waals surface area contributed by atoms with Gasteiger partial charge in [-0.2, -0.15) is 0 Å². The largest absolute Gasteiger partial charge is 0.325 e. The normalized spacial score (nSPS) is 11.0. The molecule has 4 rings (SSSR count). The van der Waals surface area contributed by atoms with Gasteiger partial charge < -0.3 is 5.32 Å². The zero-order chi connectivity index (χ0) is 21.3. The van der Waals surface area contributed by atoms with E-state index in [0.29, 0.717) is 15.4 Å². The predicted molar refractivity (Wildman–Crippen MR) is 125 cm³/mol. The van der Waals surface area contributed by atoms with Crippen molar-refractivity contribution in [2.75, 3.05) is 11.1 Å². The van der Waals surface area contributed by atoms with Crippen LogP contribution < -0.4 is 10.9 Å². The lowest BCUT2D eigenvalue weighted by Crippen LogP contribution is -2.23. The Morgan fingerprint density at radius 2 is 1.90 bits per heavy atom. The number of nitrogens with zero attached hydrogens (tertiary/aromatic N) is 2. The number of anilines is 1. The van der Waals surface area contributed by atoms with Crippen LogP contribution in [0.15, 0.2) is 63.9 Å². The topological polar surface area (TPSA) is 64.0 Å². The molecular weight excluding hydrogens is 414 g/mol. The van der Waals surface area contributed by atoms with Crippen LogP contribution in [0.25, 0.3) is 15.9 Å². The Bertz CT molecular complexity index is 1310. The lowest BCUT2D eigenvalue weighted by Gasteiger charge is -2.15. The molecule has 0 saturated carbocycles. The SMILES string of the molecule is Cc1cccc(NC(=O)CSc2nc3ccsc3c(=O)n2-c2cc(C)ccc2C)c1. The van der Waals surface area contributed by atoms with Crippen LogP contribution in [0, 0.1) is 20.8 Å². The van der Waals surface area contributed by atoms with Crippen LogP contribution in [-0.2, 0) is 4.79 Å². The van der Waals surface area contributed by atoms with E-state index in [0.717, 1.165) is 28.1 Å². The second-order valence-corrected chi connectivity index (χ2v) is 9.02. The molecule has 5 nitrogen and oxygen atoms in total. The third-order valence-corrected chi connectivity index (χ3v) is 6.52. The van der Waals surface area contributed by atoms with Gasteiger partial charge in [0.15, 0.2) is 5.16 Å². The number of fused-ring (bicyclic) bond motifs is 1. The molecule has 0 aliphatic heterocycles. The Balaban J connectivity index is 1.68. The second kappa shape index (κ2) is 8.45. The number of nitrogens with one attached hydrogen (secondary N) is 1. The van der Waals surface area contributed by atoms with E-state index in [1.54, 1.807) is 4.57 Å². The highest BCUT2D eigenvalue weighted by Gasteiger charge is 2.17. The molecule has 30 heavy (non-hydrogen) atoms. The lowest BCUT2D eigenvalue weighted by molar-refractivity contribution is -0.113. The van der Waals surface area contributed by atoms with E-state index >= 15 is 0 Å². The van der Waals surface area contributed by atoms with Crippen molar-refractivity contribution in [3.05, 3.63) is 81.0 Å². The summed E-state index contributed by atoms with van der Waals surface area (Å²) in [5.74, 6) is 0.0127. The molecule has 0 fully saturated rings. The van der Waals surface area contributed by atoms with Gasteiger partial charge in [0, 0.05) is 5.69 Å². The van der Waals surface area contributed by atoms with Crippen molar-refractivity contribution < 1.29 is 4.79 Å². The number of thiophene rings is 1. The van der Waals surface area contributed by atoms with E-state index in [-0.39, 0.29) is 17.2 Å². The molecule has 0 aliphatic rings. The highest BCUT2D eigenvalue weighted by Crippen LogP contribution is 2.26. The smallest absolute Gasteiger partial charge is 0.276 e. The molecule has 0 radical (unpaired) electrons. The van der Waals surface area contributed by atoms with Gasteiger partial charge in [0.1, 0.15) is 4.70 Å². The maximum Gasteiger partial charge on any atom is 0.276 e. The molecule has 152 valence electrons. The molecule has 0 spiro atoms. The molecule has 2 aromatic heterocycles. The number of amides is 1. The molecule has 0 bridgehead atoms. The standard InChI is InChI=1S/C23H21N3O2S2/c1-14-5-4-6-17(11-14)24-20(27)13-30-23-25-18-9-10-29-21(18)22(28)26(23)19-12-15(2)7-8-16(19)3/h4-12H,13H2,1-3H3,(H,24,27). The summed E-state index contributed by atoms with van der Waals surface area (Å²) in [5.41, 5.74) is 5.22. The van der Waals surface area contributed by atoms with Gasteiger partial charge in [-0.15, -0.1) is 11.3 Å². The lowest BCUT2D eigenvalue weighted by atomic mass is 10.1. The first-order chi connectivity index (χ1) is 14.4. The Hall–Kier alpha value is -2.90. The molecule has 2 aromatic carbocycles. The van der Waals surface area contributed by atoms with Crippen LogP contribution in [0.1, 0.15) is 16.7 Å². The average molecular weight is 436 g/mol. The number of aryl methyl sites for hydroxylation is 3. The van der Waals surface area contributed by atoms with Crippen LogP contribution in [0.4, 0.5) is 5.69 Å². The summed E-state index contributed by atoms with van der Waals surface area (Å²) in [7, 11) is 0. The van der Waals surface area contributed by atoms with Gasteiger partial charge in [0.25, 0.3) is 5.56 Å². The number of carbonyl (C=O) groups is 1.